The summed E-state index contributed by atoms with van der Waals surface area (Å²) in [5.41, 5.74) is 0.953. The van der Waals surface area contributed by atoms with Crippen molar-refractivity contribution in [2.24, 2.45) is 0 Å². The lowest BCUT2D eigenvalue weighted by molar-refractivity contribution is 0.866. The number of nitrogens with one attached hydrogen (secondary N) is 1. The summed E-state index contributed by atoms with van der Waals surface area (Å²) in [5, 5.41) is 4.04. The Morgan fingerprint density at radius 2 is 2.17 bits per heavy atom. The van der Waals surface area contributed by atoms with Crippen molar-refractivity contribution in [2.45, 2.75) is 45.6 Å². The van der Waals surface area contributed by atoms with Gasteiger partial charge in [-0.1, -0.05) is 18.5 Å². The van der Waals surface area contributed by atoms with E-state index >= 15 is 0 Å². The van der Waals surface area contributed by atoms with E-state index in [1.165, 1.54) is 12.8 Å². The summed E-state index contributed by atoms with van der Waals surface area (Å²) in [6.45, 7) is 6.32. The Morgan fingerprint density at radius 3 is 2.78 bits per heavy atom. The molecule has 0 aromatic carbocycles. The molecule has 0 saturated heterocycles. The molecule has 1 atom stereocenters. The van der Waals surface area contributed by atoms with Crippen LogP contribution in [0.15, 0.2) is 0 Å². The van der Waals surface area contributed by atoms with Crippen molar-refractivity contribution in [3.63, 3.8) is 0 Å². The molecule has 3 nitrogen and oxygen atoms in total. The topological polar surface area (TPSA) is 37.8 Å². The first-order valence-electron chi connectivity index (χ1n) is 6.50. The lowest BCUT2D eigenvalue weighted by Crippen LogP contribution is -2.20. The van der Waals surface area contributed by atoms with Crippen LogP contribution in [0.4, 0.5) is 5.82 Å². The number of anilines is 1. The number of thioether (sulfide) groups is 1. The van der Waals surface area contributed by atoms with Crippen LogP contribution in [0.3, 0.4) is 0 Å². The summed E-state index contributed by atoms with van der Waals surface area (Å²) in [7, 11) is 0. The molecule has 1 aliphatic rings. The molecular formula is C13H20ClN3S. The molecule has 0 radical (unpaired) electrons. The second-order valence-electron chi connectivity index (χ2n) is 4.83. The van der Waals surface area contributed by atoms with Crippen LogP contribution >= 0.6 is 23.4 Å². The van der Waals surface area contributed by atoms with Gasteiger partial charge < -0.3 is 5.32 Å². The van der Waals surface area contributed by atoms with Crippen molar-refractivity contribution in [3.8, 4) is 0 Å². The van der Waals surface area contributed by atoms with Crippen molar-refractivity contribution in [3.05, 3.63) is 16.5 Å². The minimum Gasteiger partial charge on any atom is -0.366 e. The third kappa shape index (κ3) is 3.51. The van der Waals surface area contributed by atoms with Gasteiger partial charge in [0.05, 0.1) is 0 Å². The summed E-state index contributed by atoms with van der Waals surface area (Å²) < 4.78 is 0. The van der Waals surface area contributed by atoms with E-state index < -0.39 is 0 Å². The van der Waals surface area contributed by atoms with Crippen LogP contribution in [-0.2, 0) is 0 Å². The van der Waals surface area contributed by atoms with E-state index in [1.807, 2.05) is 18.7 Å². The van der Waals surface area contributed by atoms with Crippen molar-refractivity contribution >= 4 is 29.2 Å². The predicted molar refractivity (Wildman–Crippen MR) is 79.8 cm³/mol. The van der Waals surface area contributed by atoms with Crippen LogP contribution in [0.25, 0.3) is 0 Å². The second kappa shape index (κ2) is 6.11. The third-order valence-corrected chi connectivity index (χ3v) is 4.51. The zero-order chi connectivity index (χ0) is 13.1. The molecule has 0 spiro atoms. The molecule has 5 heteroatoms. The normalized spacial score (nSPS) is 16.7. The minimum atomic E-state index is 0.395. The molecule has 1 heterocycles. The molecule has 1 aromatic heterocycles. The van der Waals surface area contributed by atoms with Crippen molar-refractivity contribution in [1.82, 2.24) is 9.97 Å². The molecule has 18 heavy (non-hydrogen) atoms. The second-order valence-corrected chi connectivity index (χ2v) is 6.50. The molecule has 0 aliphatic heterocycles. The number of nitrogens with zero attached hydrogens (tertiary/aromatic N) is 2. The van der Waals surface area contributed by atoms with Gasteiger partial charge in [-0.3, -0.25) is 0 Å². The fraction of sp³-hybridized carbons (Fsp3) is 0.692. The molecule has 1 N–H and O–H groups in total. The molecule has 100 valence electrons. The van der Waals surface area contributed by atoms with E-state index in [0.717, 1.165) is 28.7 Å². The molecule has 0 amide bonds. The summed E-state index contributed by atoms with van der Waals surface area (Å²) in [6.07, 6.45) is 2.39. The van der Waals surface area contributed by atoms with Crippen LogP contribution in [0.2, 0.25) is 5.15 Å². The Hall–Kier alpha value is -0.480. The van der Waals surface area contributed by atoms with E-state index in [1.54, 1.807) is 0 Å². The number of hydrogen-bond donors (Lipinski definition) is 1. The number of rotatable bonds is 6. The molecule has 1 fully saturated rings. The smallest absolute Gasteiger partial charge is 0.137 e. The summed E-state index contributed by atoms with van der Waals surface area (Å²) >= 11 is 8.11. The Kier molecular flexibility index (Phi) is 4.73. The van der Waals surface area contributed by atoms with Crippen LogP contribution in [0.5, 0.6) is 0 Å². The van der Waals surface area contributed by atoms with Gasteiger partial charge in [-0.25, -0.2) is 9.97 Å². The molecule has 1 aromatic rings. The van der Waals surface area contributed by atoms with E-state index in [-0.39, 0.29) is 0 Å². The highest BCUT2D eigenvalue weighted by molar-refractivity contribution is 7.99. The van der Waals surface area contributed by atoms with Crippen LogP contribution in [-0.4, -0.2) is 27.5 Å². The Balaban J connectivity index is 2.10. The summed E-state index contributed by atoms with van der Waals surface area (Å²) in [6, 6.07) is 0.395. The molecule has 1 saturated carbocycles. The first-order valence-corrected chi connectivity index (χ1v) is 8.03. The highest BCUT2D eigenvalue weighted by Crippen LogP contribution is 2.39. The van der Waals surface area contributed by atoms with Crippen LogP contribution in [0.1, 0.15) is 44.0 Å². The summed E-state index contributed by atoms with van der Waals surface area (Å²) in [5.74, 6) is 4.56. The highest BCUT2D eigenvalue weighted by atomic mass is 35.5. The average molecular weight is 286 g/mol. The first kappa shape index (κ1) is 13.9. The van der Waals surface area contributed by atoms with E-state index in [4.69, 9.17) is 11.6 Å². The monoisotopic (exact) mass is 285 g/mol. The first-order chi connectivity index (χ1) is 8.61. The number of hydrogen-bond acceptors (Lipinski definition) is 4. The Morgan fingerprint density at radius 1 is 1.44 bits per heavy atom. The van der Waals surface area contributed by atoms with Gasteiger partial charge in [0.1, 0.15) is 16.8 Å². The van der Waals surface area contributed by atoms with Crippen molar-refractivity contribution in [1.29, 1.82) is 0 Å². The third-order valence-electron chi connectivity index (χ3n) is 3.00. The number of halogens is 1. The van der Waals surface area contributed by atoms with Crippen molar-refractivity contribution in [2.75, 3.05) is 16.8 Å². The maximum Gasteiger partial charge on any atom is 0.137 e. The van der Waals surface area contributed by atoms with Gasteiger partial charge >= 0.3 is 0 Å². The zero-order valence-corrected chi connectivity index (χ0v) is 12.7. The van der Waals surface area contributed by atoms with Gasteiger partial charge in [-0.05, 0) is 32.4 Å². The molecule has 2 rings (SSSR count). The minimum absolute atomic E-state index is 0.395. The Labute approximate surface area is 118 Å². The quantitative estimate of drug-likeness (QED) is 0.805. The fourth-order valence-corrected chi connectivity index (χ4v) is 2.59. The SMILES string of the molecule is CCSCC(C)Nc1nc(C2CC2)nc(Cl)c1C. The van der Waals surface area contributed by atoms with Gasteiger partial charge in [0.15, 0.2) is 0 Å². The van der Waals surface area contributed by atoms with Gasteiger partial charge in [0, 0.05) is 23.3 Å². The van der Waals surface area contributed by atoms with Crippen molar-refractivity contribution < 1.29 is 0 Å². The molecule has 1 unspecified atom stereocenters. The Bertz CT molecular complexity index is 421. The standard InChI is InChI=1S/C13H20ClN3S/c1-4-18-7-8(2)15-12-9(3)11(14)16-13(17-12)10-5-6-10/h8,10H,4-7H2,1-3H3,(H,15,16,17). The van der Waals surface area contributed by atoms with E-state index in [2.05, 4.69) is 29.1 Å². The maximum absolute atomic E-state index is 6.18. The average Bonchev–Trinajstić information content (AvgIpc) is 3.16. The largest absolute Gasteiger partial charge is 0.366 e. The predicted octanol–water partition coefficient (Wildman–Crippen LogP) is 3.87. The van der Waals surface area contributed by atoms with Gasteiger partial charge in [0.25, 0.3) is 0 Å². The van der Waals surface area contributed by atoms with Crippen LogP contribution in [0, 0.1) is 6.92 Å². The number of aromatic nitrogens is 2. The lowest BCUT2D eigenvalue weighted by atomic mass is 10.3. The summed E-state index contributed by atoms with van der Waals surface area (Å²) in [4.78, 5) is 9.00. The molecule has 1 aliphatic carbocycles. The van der Waals surface area contributed by atoms with Crippen LogP contribution < -0.4 is 5.32 Å². The van der Waals surface area contributed by atoms with Gasteiger partial charge in [0.2, 0.25) is 0 Å². The fourth-order valence-electron chi connectivity index (χ4n) is 1.74. The zero-order valence-electron chi connectivity index (χ0n) is 11.2. The van der Waals surface area contributed by atoms with Gasteiger partial charge in [-0.2, -0.15) is 11.8 Å². The maximum atomic E-state index is 6.18. The van der Waals surface area contributed by atoms with E-state index in [0.29, 0.717) is 17.1 Å². The molecule has 0 bridgehead atoms. The lowest BCUT2D eigenvalue weighted by Gasteiger charge is -2.16. The van der Waals surface area contributed by atoms with Gasteiger partial charge in [-0.15, -0.1) is 0 Å². The molecular weight excluding hydrogens is 266 g/mol. The highest BCUT2D eigenvalue weighted by Gasteiger charge is 2.28. The van der Waals surface area contributed by atoms with E-state index in [9.17, 15) is 0 Å².